The molecule has 0 fully saturated rings. The summed E-state index contributed by atoms with van der Waals surface area (Å²) in [5.41, 5.74) is 6.83. The molecule has 0 radical (unpaired) electrons. The third kappa shape index (κ3) is 3.52. The number of nitrogens with one attached hydrogen (secondary N) is 4. The van der Waals surface area contributed by atoms with E-state index < -0.39 is 11.7 Å². The van der Waals surface area contributed by atoms with Crippen molar-refractivity contribution in [3.63, 3.8) is 0 Å². The first-order valence-electron chi connectivity index (χ1n) is 7.40. The molecule has 8 nitrogen and oxygen atoms in total. The number of hydrogen-bond donors (Lipinski definition) is 5. The number of fused-ring (bicyclic) bond motifs is 1. The van der Waals surface area contributed by atoms with Crippen LogP contribution in [0.15, 0.2) is 6.20 Å². The highest BCUT2D eigenvalue weighted by Crippen LogP contribution is 2.29. The van der Waals surface area contributed by atoms with Gasteiger partial charge in [-0.15, -0.1) is 0 Å². The molecule has 6 N–H and O–H groups in total. The lowest BCUT2D eigenvalue weighted by atomic mass is 10.0. The van der Waals surface area contributed by atoms with Crippen LogP contribution in [0.1, 0.15) is 21.6 Å². The van der Waals surface area contributed by atoms with Gasteiger partial charge < -0.3 is 31.8 Å². The zero-order chi connectivity index (χ0) is 17.7. The van der Waals surface area contributed by atoms with Crippen LogP contribution in [0, 0.1) is 11.2 Å². The van der Waals surface area contributed by atoms with Crippen molar-refractivity contribution in [3.8, 4) is 0 Å². The number of anilines is 1. The van der Waals surface area contributed by atoms with Crippen LogP contribution in [-0.4, -0.2) is 50.5 Å². The lowest BCUT2D eigenvalue weighted by molar-refractivity contribution is 0.0965. The minimum atomic E-state index is -0.592. The van der Waals surface area contributed by atoms with Crippen molar-refractivity contribution in [2.24, 2.45) is 5.73 Å². The van der Waals surface area contributed by atoms with E-state index >= 15 is 0 Å². The summed E-state index contributed by atoms with van der Waals surface area (Å²) < 4.78 is 19.6. The fraction of sp³-hybridized carbons (Fsp3) is 0.400. The lowest BCUT2D eigenvalue weighted by Gasteiger charge is -2.15. The van der Waals surface area contributed by atoms with Crippen LogP contribution in [0.2, 0.25) is 0 Å². The molecule has 0 aromatic carbocycles. The second-order valence-corrected chi connectivity index (χ2v) is 5.29. The average Bonchev–Trinajstić information content (AvgIpc) is 2.95. The monoisotopic (exact) mass is 336 g/mol. The number of ether oxygens (including phenoxy) is 1. The van der Waals surface area contributed by atoms with Crippen LogP contribution in [0.4, 0.5) is 10.2 Å². The first-order valence-corrected chi connectivity index (χ1v) is 7.40. The summed E-state index contributed by atoms with van der Waals surface area (Å²) in [6.45, 7) is 0.657. The fourth-order valence-corrected chi connectivity index (χ4v) is 2.44. The second kappa shape index (κ2) is 7.84. The Kier molecular flexibility index (Phi) is 5.83. The molecular formula is C15H21FN6O2. The number of halogens is 1. The number of hydrogen-bond acceptors (Lipinski definition) is 7. The van der Waals surface area contributed by atoms with Crippen LogP contribution in [0.3, 0.4) is 0 Å². The van der Waals surface area contributed by atoms with Gasteiger partial charge in [0.15, 0.2) is 11.6 Å². The van der Waals surface area contributed by atoms with Crippen LogP contribution in [0.25, 0.3) is 5.57 Å². The maximum atomic E-state index is 14.6. The van der Waals surface area contributed by atoms with Gasteiger partial charge in [-0.25, -0.2) is 9.37 Å². The van der Waals surface area contributed by atoms with Crippen molar-refractivity contribution in [1.29, 1.82) is 5.41 Å². The molecule has 1 aliphatic heterocycles. The molecule has 0 aliphatic carbocycles. The zero-order valence-corrected chi connectivity index (χ0v) is 13.6. The third-order valence-corrected chi connectivity index (χ3v) is 3.53. The van der Waals surface area contributed by atoms with E-state index in [-0.39, 0.29) is 41.8 Å². The van der Waals surface area contributed by atoms with Gasteiger partial charge in [-0.05, 0) is 0 Å². The maximum Gasteiger partial charge on any atom is 0.254 e. The minimum Gasteiger partial charge on any atom is -0.393 e. The normalized spacial score (nSPS) is 14.8. The number of methoxy groups -OCH3 is 1. The van der Waals surface area contributed by atoms with Crippen molar-refractivity contribution >= 4 is 23.5 Å². The van der Waals surface area contributed by atoms with Crippen LogP contribution in [0.5, 0.6) is 0 Å². The fourth-order valence-electron chi connectivity index (χ4n) is 2.44. The van der Waals surface area contributed by atoms with Gasteiger partial charge in [0.25, 0.3) is 5.91 Å². The van der Waals surface area contributed by atoms with Gasteiger partial charge in [0.2, 0.25) is 0 Å². The minimum absolute atomic E-state index is 0.00402. The summed E-state index contributed by atoms with van der Waals surface area (Å²) in [7, 11) is 3.19. The number of aromatic nitrogens is 1. The number of amides is 1. The van der Waals surface area contributed by atoms with Crippen molar-refractivity contribution in [1.82, 2.24) is 15.6 Å². The van der Waals surface area contributed by atoms with E-state index in [0.29, 0.717) is 12.2 Å². The van der Waals surface area contributed by atoms with E-state index in [1.807, 2.05) is 0 Å². The quantitative estimate of drug-likeness (QED) is 0.428. The Bertz CT molecular complexity index is 676. The molecule has 1 atom stereocenters. The molecule has 1 aromatic rings. The molecule has 2 heterocycles. The topological polar surface area (TPSA) is 125 Å². The smallest absolute Gasteiger partial charge is 0.254 e. The van der Waals surface area contributed by atoms with Crippen LogP contribution < -0.4 is 21.7 Å². The molecular weight excluding hydrogens is 315 g/mol. The highest BCUT2D eigenvalue weighted by atomic mass is 19.1. The number of pyridine rings is 1. The highest BCUT2D eigenvalue weighted by molar-refractivity contribution is 6.13. The van der Waals surface area contributed by atoms with E-state index in [9.17, 15) is 9.18 Å². The Morgan fingerprint density at radius 1 is 1.62 bits per heavy atom. The van der Waals surface area contributed by atoms with E-state index in [1.165, 1.54) is 13.3 Å². The standard InChI is InChI=1S/C15H21FN6O2/c1-19-4-8(3-17)13-11-10(6-21-15(11)23)12(16)14(22-13)20-5-9(18)7-24-2/h3-4,9,17,19H,5-7,18H2,1-2H3,(H,20,22)(H,21,23)/b8-4+,17-3?. The summed E-state index contributed by atoms with van der Waals surface area (Å²) >= 11 is 0. The SMILES string of the molecule is CN/C=C(\C=N)c1nc(NCC(N)COC)c(F)c2c1C(=O)NC2. The summed E-state index contributed by atoms with van der Waals surface area (Å²) in [5.74, 6) is -1.00. The summed E-state index contributed by atoms with van der Waals surface area (Å²) in [5, 5.41) is 15.7. The number of nitrogens with zero attached hydrogens (tertiary/aromatic N) is 1. The summed E-state index contributed by atoms with van der Waals surface area (Å²) in [4.78, 5) is 16.2. The number of nitrogens with two attached hydrogens (primary N) is 1. The van der Waals surface area contributed by atoms with Gasteiger partial charge >= 0.3 is 0 Å². The van der Waals surface area contributed by atoms with E-state index in [0.717, 1.165) is 6.21 Å². The largest absolute Gasteiger partial charge is 0.393 e. The molecule has 9 heteroatoms. The maximum absolute atomic E-state index is 14.6. The molecule has 1 unspecified atom stereocenters. The molecule has 24 heavy (non-hydrogen) atoms. The predicted octanol–water partition coefficient (Wildman–Crippen LogP) is 0.0596. The van der Waals surface area contributed by atoms with Gasteiger partial charge in [-0.1, -0.05) is 0 Å². The van der Waals surface area contributed by atoms with E-state index in [1.54, 1.807) is 7.05 Å². The molecule has 0 saturated carbocycles. The first-order chi connectivity index (χ1) is 11.5. The molecule has 1 aliphatic rings. The number of carbonyl (C=O) groups is 1. The van der Waals surface area contributed by atoms with Crippen LogP contribution >= 0.6 is 0 Å². The number of allylic oxidation sites excluding steroid dienone is 1. The molecule has 0 bridgehead atoms. The second-order valence-electron chi connectivity index (χ2n) is 5.29. The van der Waals surface area contributed by atoms with Crippen molar-refractivity contribution in [2.75, 3.05) is 32.6 Å². The Balaban J connectivity index is 2.45. The van der Waals surface area contributed by atoms with Gasteiger partial charge in [0, 0.05) is 56.8 Å². The summed E-state index contributed by atoms with van der Waals surface area (Å²) in [6, 6.07) is -0.331. The Hall–Kier alpha value is -2.52. The molecule has 0 spiro atoms. The van der Waals surface area contributed by atoms with Crippen molar-refractivity contribution in [2.45, 2.75) is 12.6 Å². The average molecular weight is 336 g/mol. The molecule has 1 amide bonds. The Labute approximate surface area is 139 Å². The first kappa shape index (κ1) is 17.8. The Morgan fingerprint density at radius 3 is 3.00 bits per heavy atom. The number of rotatable bonds is 8. The van der Waals surface area contributed by atoms with Gasteiger partial charge in [0.1, 0.15) is 0 Å². The lowest BCUT2D eigenvalue weighted by Crippen LogP contribution is -2.33. The summed E-state index contributed by atoms with van der Waals surface area (Å²) in [6.07, 6.45) is 2.59. The Morgan fingerprint density at radius 2 is 2.38 bits per heavy atom. The van der Waals surface area contributed by atoms with Gasteiger partial charge in [-0.2, -0.15) is 0 Å². The predicted molar refractivity (Wildman–Crippen MR) is 89.5 cm³/mol. The van der Waals surface area contributed by atoms with E-state index in [2.05, 4.69) is 20.9 Å². The molecule has 130 valence electrons. The highest BCUT2D eigenvalue weighted by Gasteiger charge is 2.30. The number of carbonyl (C=O) groups excluding carboxylic acids is 1. The van der Waals surface area contributed by atoms with Crippen molar-refractivity contribution < 1.29 is 13.9 Å². The van der Waals surface area contributed by atoms with Crippen molar-refractivity contribution in [3.05, 3.63) is 28.8 Å². The van der Waals surface area contributed by atoms with Crippen LogP contribution in [-0.2, 0) is 11.3 Å². The molecule has 2 rings (SSSR count). The molecule has 0 saturated heterocycles. The van der Waals surface area contributed by atoms with E-state index in [4.69, 9.17) is 15.9 Å². The zero-order valence-electron chi connectivity index (χ0n) is 13.6. The van der Waals surface area contributed by atoms with Gasteiger partial charge in [0.05, 0.1) is 17.9 Å². The third-order valence-electron chi connectivity index (χ3n) is 3.53. The van der Waals surface area contributed by atoms with Gasteiger partial charge in [-0.3, -0.25) is 4.79 Å². The molecule has 1 aromatic heterocycles.